The zero-order chi connectivity index (χ0) is 20.8. The fraction of sp³-hybridized carbons (Fsp3) is 0.500. The maximum absolute atomic E-state index is 9.10. The van der Waals surface area contributed by atoms with E-state index in [-0.39, 0.29) is 0 Å². The monoisotopic (exact) mass is 394 g/mol. The molecule has 0 aliphatic carbocycles. The Hall–Kier alpha value is -2.58. The van der Waals surface area contributed by atoms with Crippen molar-refractivity contribution in [3.63, 3.8) is 0 Å². The Kier molecular flexibility index (Phi) is 11.4. The first kappa shape index (κ1) is 23.5. The van der Waals surface area contributed by atoms with Gasteiger partial charge in [0, 0.05) is 26.2 Å². The van der Waals surface area contributed by atoms with Crippen molar-refractivity contribution in [3.05, 3.63) is 29.8 Å². The van der Waals surface area contributed by atoms with E-state index in [9.17, 15) is 0 Å². The van der Waals surface area contributed by atoms with E-state index in [1.165, 1.54) is 26.1 Å². The summed E-state index contributed by atoms with van der Waals surface area (Å²) in [5.41, 5.74) is 1.13. The molecular formula is C20H30N2O6. The van der Waals surface area contributed by atoms with Crippen LogP contribution in [0.25, 0.3) is 6.08 Å². The first-order chi connectivity index (χ1) is 13.5. The van der Waals surface area contributed by atoms with Crippen LogP contribution in [0.2, 0.25) is 0 Å². The van der Waals surface area contributed by atoms with Crippen molar-refractivity contribution in [1.82, 2.24) is 10.2 Å². The molecule has 0 radical (unpaired) electrons. The second-order valence-corrected chi connectivity index (χ2v) is 6.17. The molecule has 0 unspecified atom stereocenters. The van der Waals surface area contributed by atoms with Gasteiger partial charge in [0.15, 0.2) is 11.5 Å². The van der Waals surface area contributed by atoms with Crippen LogP contribution in [0, 0.1) is 0 Å². The van der Waals surface area contributed by atoms with E-state index in [1.807, 2.05) is 25.1 Å². The third-order valence-electron chi connectivity index (χ3n) is 4.07. The standard InChI is InChI=1S/C18H28N2O2.C2H2O4/c1-3-6-16-7-8-17(18(15-16)21-2)22-14-5-4-11-20-12-9-19-10-13-20;3-1(4)2(5)6/h3,6-8,15,19H,4-5,9-14H2,1-2H3;(H,3,4)(H,5,6). The lowest BCUT2D eigenvalue weighted by Crippen LogP contribution is -2.43. The Morgan fingerprint density at radius 2 is 1.82 bits per heavy atom. The molecule has 0 bridgehead atoms. The molecule has 1 aliphatic rings. The third kappa shape index (κ3) is 9.38. The molecule has 8 heteroatoms. The number of nitrogens with one attached hydrogen (secondary N) is 1. The van der Waals surface area contributed by atoms with Gasteiger partial charge in [0.05, 0.1) is 13.7 Å². The van der Waals surface area contributed by atoms with Gasteiger partial charge in [-0.05, 0) is 44.0 Å². The maximum atomic E-state index is 9.10. The van der Waals surface area contributed by atoms with E-state index in [1.54, 1.807) is 7.11 Å². The number of piperazine rings is 1. The van der Waals surface area contributed by atoms with E-state index < -0.39 is 11.9 Å². The topological polar surface area (TPSA) is 108 Å². The van der Waals surface area contributed by atoms with E-state index >= 15 is 0 Å². The van der Waals surface area contributed by atoms with Crippen LogP contribution in [0.15, 0.2) is 24.3 Å². The van der Waals surface area contributed by atoms with Gasteiger partial charge in [-0.25, -0.2) is 9.59 Å². The zero-order valence-corrected chi connectivity index (χ0v) is 16.5. The van der Waals surface area contributed by atoms with Gasteiger partial charge in [-0.2, -0.15) is 0 Å². The molecule has 1 fully saturated rings. The SMILES string of the molecule is CC=Cc1ccc(OCCCCN2CCNCC2)c(OC)c1.O=C(O)C(=O)O. The fourth-order valence-corrected chi connectivity index (χ4v) is 2.65. The van der Waals surface area contributed by atoms with Gasteiger partial charge in [-0.1, -0.05) is 18.2 Å². The van der Waals surface area contributed by atoms with Crippen LogP contribution in [0.3, 0.4) is 0 Å². The molecular weight excluding hydrogens is 364 g/mol. The predicted octanol–water partition coefficient (Wildman–Crippen LogP) is 1.95. The highest BCUT2D eigenvalue weighted by atomic mass is 16.5. The van der Waals surface area contributed by atoms with Crippen LogP contribution >= 0.6 is 0 Å². The molecule has 0 spiro atoms. The minimum atomic E-state index is -1.82. The summed E-state index contributed by atoms with van der Waals surface area (Å²) in [6.45, 7) is 8.49. The lowest BCUT2D eigenvalue weighted by molar-refractivity contribution is -0.159. The average molecular weight is 394 g/mol. The Bertz CT molecular complexity index is 630. The molecule has 0 atom stereocenters. The third-order valence-corrected chi connectivity index (χ3v) is 4.07. The van der Waals surface area contributed by atoms with Crippen molar-refractivity contribution in [2.24, 2.45) is 0 Å². The number of methoxy groups -OCH3 is 1. The molecule has 3 N–H and O–H groups in total. The molecule has 0 amide bonds. The molecule has 0 aromatic heterocycles. The first-order valence-electron chi connectivity index (χ1n) is 9.30. The molecule has 156 valence electrons. The van der Waals surface area contributed by atoms with Crippen molar-refractivity contribution in [2.75, 3.05) is 46.4 Å². The number of benzene rings is 1. The number of nitrogens with zero attached hydrogens (tertiary/aromatic N) is 1. The molecule has 0 saturated carbocycles. The van der Waals surface area contributed by atoms with E-state index in [4.69, 9.17) is 29.3 Å². The molecule has 1 aromatic rings. The number of aliphatic carboxylic acids is 2. The summed E-state index contributed by atoms with van der Waals surface area (Å²) in [4.78, 5) is 20.7. The van der Waals surface area contributed by atoms with Gasteiger partial charge in [0.2, 0.25) is 0 Å². The van der Waals surface area contributed by atoms with E-state index in [2.05, 4.69) is 22.4 Å². The smallest absolute Gasteiger partial charge is 0.414 e. The van der Waals surface area contributed by atoms with Gasteiger partial charge >= 0.3 is 11.9 Å². The molecule has 2 rings (SSSR count). The summed E-state index contributed by atoms with van der Waals surface area (Å²) in [6, 6.07) is 6.05. The lowest BCUT2D eigenvalue weighted by atomic mass is 10.2. The van der Waals surface area contributed by atoms with E-state index in [0.717, 1.165) is 43.2 Å². The van der Waals surface area contributed by atoms with Crippen LogP contribution in [0.4, 0.5) is 0 Å². The van der Waals surface area contributed by atoms with E-state index in [0.29, 0.717) is 0 Å². The number of unbranched alkanes of at least 4 members (excludes halogenated alkanes) is 1. The van der Waals surface area contributed by atoms with Gasteiger partial charge in [-0.3, -0.25) is 0 Å². The van der Waals surface area contributed by atoms with Crippen molar-refractivity contribution < 1.29 is 29.3 Å². The minimum Gasteiger partial charge on any atom is -0.493 e. The first-order valence-corrected chi connectivity index (χ1v) is 9.30. The van der Waals surface area contributed by atoms with Gasteiger partial charge in [0.1, 0.15) is 0 Å². The Labute approximate surface area is 165 Å². The lowest BCUT2D eigenvalue weighted by Gasteiger charge is -2.27. The summed E-state index contributed by atoms with van der Waals surface area (Å²) in [5.74, 6) is -2.01. The summed E-state index contributed by atoms with van der Waals surface area (Å²) >= 11 is 0. The number of carboxylic acids is 2. The van der Waals surface area contributed by atoms with Crippen LogP contribution in [-0.4, -0.2) is 73.5 Å². The van der Waals surface area contributed by atoms with Gasteiger partial charge in [-0.15, -0.1) is 0 Å². The molecule has 8 nitrogen and oxygen atoms in total. The summed E-state index contributed by atoms with van der Waals surface area (Å²) in [5, 5.41) is 18.2. The van der Waals surface area contributed by atoms with Crippen LogP contribution in [-0.2, 0) is 9.59 Å². The van der Waals surface area contributed by atoms with Crippen LogP contribution in [0.1, 0.15) is 25.3 Å². The minimum absolute atomic E-state index is 0.741. The second-order valence-electron chi connectivity index (χ2n) is 6.17. The molecule has 1 aliphatic heterocycles. The van der Waals surface area contributed by atoms with Gasteiger partial charge < -0.3 is 29.9 Å². The van der Waals surface area contributed by atoms with Crippen molar-refractivity contribution in [1.29, 1.82) is 0 Å². The average Bonchev–Trinajstić information content (AvgIpc) is 2.70. The van der Waals surface area contributed by atoms with Gasteiger partial charge in [0.25, 0.3) is 0 Å². The number of ether oxygens (including phenoxy) is 2. The van der Waals surface area contributed by atoms with Crippen LogP contribution in [0.5, 0.6) is 11.5 Å². The second kappa shape index (κ2) is 13.6. The number of hydrogen-bond donors (Lipinski definition) is 3. The number of carbonyl (C=O) groups is 2. The molecule has 28 heavy (non-hydrogen) atoms. The fourth-order valence-electron chi connectivity index (χ4n) is 2.65. The number of hydrogen-bond acceptors (Lipinski definition) is 6. The Balaban J connectivity index is 0.000000568. The highest BCUT2D eigenvalue weighted by Crippen LogP contribution is 2.28. The van der Waals surface area contributed by atoms with Crippen LogP contribution < -0.4 is 14.8 Å². The normalized spacial score (nSPS) is 14.2. The summed E-state index contributed by atoms with van der Waals surface area (Å²) < 4.78 is 11.3. The number of rotatable bonds is 8. The molecule has 1 aromatic carbocycles. The van der Waals surface area contributed by atoms with Crippen molar-refractivity contribution in [2.45, 2.75) is 19.8 Å². The Morgan fingerprint density at radius 1 is 1.14 bits per heavy atom. The highest BCUT2D eigenvalue weighted by Gasteiger charge is 2.09. The maximum Gasteiger partial charge on any atom is 0.414 e. The summed E-state index contributed by atoms with van der Waals surface area (Å²) in [6.07, 6.45) is 6.33. The zero-order valence-electron chi connectivity index (χ0n) is 16.5. The predicted molar refractivity (Wildman–Crippen MR) is 107 cm³/mol. The number of allylic oxidation sites excluding steroid dienone is 1. The quantitative estimate of drug-likeness (QED) is 0.454. The van der Waals surface area contributed by atoms with Crippen molar-refractivity contribution >= 4 is 18.0 Å². The molecule has 1 heterocycles. The molecule has 1 saturated heterocycles. The Morgan fingerprint density at radius 3 is 2.39 bits per heavy atom. The largest absolute Gasteiger partial charge is 0.493 e. The number of carboxylic acid groups (broad SMARTS) is 2. The summed E-state index contributed by atoms with van der Waals surface area (Å²) in [7, 11) is 1.69. The van der Waals surface area contributed by atoms with Crippen molar-refractivity contribution in [3.8, 4) is 11.5 Å². The highest BCUT2D eigenvalue weighted by molar-refractivity contribution is 6.27.